The van der Waals surface area contributed by atoms with Gasteiger partial charge in [0.15, 0.2) is 0 Å². The Morgan fingerprint density at radius 1 is 1.56 bits per heavy atom. The minimum atomic E-state index is -0.878. The van der Waals surface area contributed by atoms with E-state index >= 15 is 0 Å². The average Bonchev–Trinajstić information content (AvgIpc) is 2.83. The quantitative estimate of drug-likeness (QED) is 0.891. The second-order valence-corrected chi connectivity index (χ2v) is 4.54. The van der Waals surface area contributed by atoms with Crippen molar-refractivity contribution in [3.05, 3.63) is 28.9 Å². The lowest BCUT2D eigenvalue weighted by Gasteiger charge is -1.91. The van der Waals surface area contributed by atoms with Crippen LogP contribution in [0.3, 0.4) is 0 Å². The van der Waals surface area contributed by atoms with E-state index in [0.29, 0.717) is 4.88 Å². The van der Waals surface area contributed by atoms with E-state index < -0.39 is 5.97 Å². The molecule has 0 aliphatic heterocycles. The molecular weight excluding hydrogens is 224 g/mol. The fraction of sp³-hybridized carbons (Fsp3) is 0.273. The third-order valence-electron chi connectivity index (χ3n) is 2.35. The molecule has 84 valence electrons. The Hall–Kier alpha value is -1.62. The number of carboxylic acids is 1. The Morgan fingerprint density at radius 2 is 2.31 bits per heavy atom. The molecule has 0 unspecified atom stereocenters. The highest BCUT2D eigenvalue weighted by Gasteiger charge is 2.12. The summed E-state index contributed by atoms with van der Waals surface area (Å²) in [5.41, 5.74) is 1.94. The first-order chi connectivity index (χ1) is 7.61. The van der Waals surface area contributed by atoms with Gasteiger partial charge in [0.1, 0.15) is 4.88 Å². The van der Waals surface area contributed by atoms with E-state index in [2.05, 4.69) is 5.10 Å². The molecule has 0 amide bonds. The number of aryl methyl sites for hydroxylation is 2. The lowest BCUT2D eigenvalue weighted by atomic mass is 10.2. The Morgan fingerprint density at radius 3 is 2.81 bits per heavy atom. The van der Waals surface area contributed by atoms with Gasteiger partial charge in [-0.25, -0.2) is 4.79 Å². The third-order valence-corrected chi connectivity index (χ3v) is 3.46. The van der Waals surface area contributed by atoms with E-state index in [1.807, 2.05) is 30.8 Å². The van der Waals surface area contributed by atoms with Crippen LogP contribution < -0.4 is 0 Å². The summed E-state index contributed by atoms with van der Waals surface area (Å²) >= 11 is 1.28. The lowest BCUT2D eigenvalue weighted by molar-refractivity contribution is 0.0702. The van der Waals surface area contributed by atoms with Crippen molar-refractivity contribution in [2.45, 2.75) is 20.4 Å². The predicted octanol–water partition coefficient (Wildman–Crippen LogP) is 2.64. The highest BCUT2D eigenvalue weighted by atomic mass is 32.1. The average molecular weight is 236 g/mol. The zero-order chi connectivity index (χ0) is 11.7. The van der Waals surface area contributed by atoms with Crippen LogP contribution in [0, 0.1) is 6.92 Å². The van der Waals surface area contributed by atoms with Crippen LogP contribution in [0.25, 0.3) is 10.4 Å². The molecular formula is C11H12N2O2S. The molecule has 16 heavy (non-hydrogen) atoms. The molecule has 0 aliphatic rings. The van der Waals surface area contributed by atoms with Crippen LogP contribution in [0.15, 0.2) is 18.3 Å². The molecule has 0 fully saturated rings. The Kier molecular flexibility index (Phi) is 2.78. The van der Waals surface area contributed by atoms with Gasteiger partial charge >= 0.3 is 5.97 Å². The largest absolute Gasteiger partial charge is 0.477 e. The smallest absolute Gasteiger partial charge is 0.345 e. The standard InChI is InChI=1S/C11H12N2O2S/c1-3-13-6-8(7(2)12-13)9-4-5-10(16-9)11(14)15/h4-6H,3H2,1-2H3,(H,14,15). The molecule has 2 aromatic heterocycles. The van der Waals surface area contributed by atoms with Gasteiger partial charge in [0.05, 0.1) is 5.69 Å². The lowest BCUT2D eigenvalue weighted by Crippen LogP contribution is -1.93. The number of carboxylic acid groups (broad SMARTS) is 1. The normalized spacial score (nSPS) is 10.6. The van der Waals surface area contributed by atoms with Crippen LogP contribution in [-0.2, 0) is 6.54 Å². The van der Waals surface area contributed by atoms with E-state index in [-0.39, 0.29) is 0 Å². The number of thiophene rings is 1. The van der Waals surface area contributed by atoms with Crippen molar-refractivity contribution in [1.29, 1.82) is 0 Å². The Bertz CT molecular complexity index is 528. The summed E-state index contributed by atoms with van der Waals surface area (Å²) < 4.78 is 1.85. The summed E-state index contributed by atoms with van der Waals surface area (Å²) in [5.74, 6) is -0.878. The first-order valence-electron chi connectivity index (χ1n) is 4.99. The van der Waals surface area contributed by atoms with E-state index in [1.165, 1.54) is 11.3 Å². The van der Waals surface area contributed by atoms with Crippen LogP contribution in [0.4, 0.5) is 0 Å². The van der Waals surface area contributed by atoms with Gasteiger partial charge < -0.3 is 5.11 Å². The molecule has 0 saturated heterocycles. The minimum absolute atomic E-state index is 0.360. The summed E-state index contributed by atoms with van der Waals surface area (Å²) in [6, 6.07) is 3.46. The monoisotopic (exact) mass is 236 g/mol. The van der Waals surface area contributed by atoms with Gasteiger partial charge in [0.25, 0.3) is 0 Å². The summed E-state index contributed by atoms with van der Waals surface area (Å²) in [4.78, 5) is 12.1. The highest BCUT2D eigenvalue weighted by molar-refractivity contribution is 7.17. The number of carbonyl (C=O) groups is 1. The molecule has 2 rings (SSSR count). The van der Waals surface area contributed by atoms with Crippen LogP contribution in [-0.4, -0.2) is 20.9 Å². The molecule has 0 spiro atoms. The number of hydrogen-bond acceptors (Lipinski definition) is 3. The van der Waals surface area contributed by atoms with Crippen molar-refractivity contribution in [3.8, 4) is 10.4 Å². The molecule has 1 N–H and O–H groups in total. The van der Waals surface area contributed by atoms with Crippen LogP contribution in [0.1, 0.15) is 22.3 Å². The molecule has 2 aromatic rings. The Balaban J connectivity index is 2.41. The molecule has 0 aliphatic carbocycles. The van der Waals surface area contributed by atoms with Gasteiger partial charge in [-0.3, -0.25) is 4.68 Å². The molecule has 5 heteroatoms. The van der Waals surface area contributed by atoms with Gasteiger partial charge in [-0.05, 0) is 26.0 Å². The van der Waals surface area contributed by atoms with Gasteiger partial charge in [0, 0.05) is 23.2 Å². The number of rotatable bonds is 3. The van der Waals surface area contributed by atoms with Crippen molar-refractivity contribution in [3.63, 3.8) is 0 Å². The molecule has 0 saturated carbocycles. The van der Waals surface area contributed by atoms with Crippen molar-refractivity contribution < 1.29 is 9.90 Å². The van der Waals surface area contributed by atoms with Crippen LogP contribution in [0.5, 0.6) is 0 Å². The fourth-order valence-corrected chi connectivity index (χ4v) is 2.43. The van der Waals surface area contributed by atoms with E-state index in [1.54, 1.807) is 6.07 Å². The second kappa shape index (κ2) is 4.09. The number of aromatic carboxylic acids is 1. The van der Waals surface area contributed by atoms with Gasteiger partial charge in [0.2, 0.25) is 0 Å². The van der Waals surface area contributed by atoms with E-state index in [4.69, 9.17) is 5.11 Å². The van der Waals surface area contributed by atoms with Gasteiger partial charge in [-0.15, -0.1) is 11.3 Å². The summed E-state index contributed by atoms with van der Waals surface area (Å²) in [5, 5.41) is 13.2. The summed E-state index contributed by atoms with van der Waals surface area (Å²) in [7, 11) is 0. The maximum Gasteiger partial charge on any atom is 0.345 e. The highest BCUT2D eigenvalue weighted by Crippen LogP contribution is 2.30. The first kappa shape index (κ1) is 10.9. The number of hydrogen-bond donors (Lipinski definition) is 1. The molecule has 0 atom stereocenters. The molecule has 4 nitrogen and oxygen atoms in total. The second-order valence-electron chi connectivity index (χ2n) is 3.45. The third kappa shape index (κ3) is 1.86. The summed E-state index contributed by atoms with van der Waals surface area (Å²) in [6.07, 6.45) is 1.95. The van der Waals surface area contributed by atoms with E-state index in [9.17, 15) is 4.79 Å². The Labute approximate surface area is 97.2 Å². The molecule has 0 aromatic carbocycles. The van der Waals surface area contributed by atoms with Crippen LogP contribution in [0.2, 0.25) is 0 Å². The molecule has 0 bridgehead atoms. The molecule has 0 radical (unpaired) electrons. The summed E-state index contributed by atoms with van der Waals surface area (Å²) in [6.45, 7) is 4.77. The zero-order valence-corrected chi connectivity index (χ0v) is 9.91. The van der Waals surface area contributed by atoms with Gasteiger partial charge in [-0.2, -0.15) is 5.10 Å². The fourth-order valence-electron chi connectivity index (χ4n) is 1.52. The van der Waals surface area contributed by atoms with Crippen LogP contribution >= 0.6 is 11.3 Å². The molecule has 2 heterocycles. The first-order valence-corrected chi connectivity index (χ1v) is 5.81. The maximum atomic E-state index is 10.8. The maximum absolute atomic E-state index is 10.8. The van der Waals surface area contributed by atoms with E-state index in [0.717, 1.165) is 22.7 Å². The zero-order valence-electron chi connectivity index (χ0n) is 9.10. The predicted molar refractivity (Wildman–Crippen MR) is 62.9 cm³/mol. The topological polar surface area (TPSA) is 55.1 Å². The number of aromatic nitrogens is 2. The number of nitrogens with zero attached hydrogens (tertiary/aromatic N) is 2. The van der Waals surface area contributed by atoms with Crippen molar-refractivity contribution in [2.75, 3.05) is 0 Å². The van der Waals surface area contributed by atoms with Crippen molar-refractivity contribution in [1.82, 2.24) is 9.78 Å². The SMILES string of the molecule is CCn1cc(-c2ccc(C(=O)O)s2)c(C)n1. The minimum Gasteiger partial charge on any atom is -0.477 e. The van der Waals surface area contributed by atoms with Gasteiger partial charge in [-0.1, -0.05) is 0 Å². The van der Waals surface area contributed by atoms with Crippen molar-refractivity contribution in [2.24, 2.45) is 0 Å². The van der Waals surface area contributed by atoms with Crippen molar-refractivity contribution >= 4 is 17.3 Å².